The van der Waals surface area contributed by atoms with Crippen LogP contribution >= 0.6 is 0 Å². The number of rotatable bonds is 9. The molecule has 0 spiro atoms. The van der Waals surface area contributed by atoms with Gasteiger partial charge in [-0.05, 0) is 48.4 Å². The molecule has 7 nitrogen and oxygen atoms in total. The first-order chi connectivity index (χ1) is 18.5. The first kappa shape index (κ1) is 26.0. The van der Waals surface area contributed by atoms with Gasteiger partial charge in [-0.15, -0.1) is 0 Å². The molecule has 2 aliphatic rings. The van der Waals surface area contributed by atoms with Gasteiger partial charge in [-0.1, -0.05) is 42.5 Å². The number of morpholine rings is 1. The molecule has 2 heterocycles. The average molecular weight is 520 g/mol. The van der Waals surface area contributed by atoms with Crippen LogP contribution in [0.5, 0.6) is 5.75 Å². The maximum absolute atomic E-state index is 15.0. The van der Waals surface area contributed by atoms with Gasteiger partial charge in [0.2, 0.25) is 0 Å². The van der Waals surface area contributed by atoms with Crippen molar-refractivity contribution >= 4 is 17.5 Å². The summed E-state index contributed by atoms with van der Waals surface area (Å²) in [7, 11) is 1.66. The lowest BCUT2D eigenvalue weighted by Crippen LogP contribution is -2.37. The van der Waals surface area contributed by atoms with Gasteiger partial charge in [0.1, 0.15) is 17.7 Å². The second-order valence-electron chi connectivity index (χ2n) is 9.72. The predicted molar refractivity (Wildman–Crippen MR) is 145 cm³/mol. The molecule has 3 aromatic rings. The Morgan fingerprint density at radius 3 is 2.58 bits per heavy atom. The van der Waals surface area contributed by atoms with Gasteiger partial charge < -0.3 is 19.1 Å². The third-order valence-electron chi connectivity index (χ3n) is 7.26. The van der Waals surface area contributed by atoms with Crippen molar-refractivity contribution in [2.24, 2.45) is 0 Å². The topological polar surface area (TPSA) is 54.5 Å². The van der Waals surface area contributed by atoms with Crippen LogP contribution < -0.4 is 14.5 Å². The van der Waals surface area contributed by atoms with Gasteiger partial charge in [0.15, 0.2) is 0 Å². The average Bonchev–Trinajstić information content (AvgIpc) is 3.33. The van der Waals surface area contributed by atoms with E-state index in [0.717, 1.165) is 11.3 Å². The molecule has 0 N–H and O–H groups in total. The number of carbonyl (C=O) groups excluding carboxylic acids is 1. The van der Waals surface area contributed by atoms with E-state index in [9.17, 15) is 4.79 Å². The van der Waals surface area contributed by atoms with Crippen molar-refractivity contribution in [1.82, 2.24) is 4.90 Å². The van der Waals surface area contributed by atoms with Crippen LogP contribution in [0.1, 0.15) is 24.1 Å². The van der Waals surface area contributed by atoms with Gasteiger partial charge in [-0.3, -0.25) is 9.80 Å². The summed E-state index contributed by atoms with van der Waals surface area (Å²) in [5.41, 5.74) is 3.32. The largest absolute Gasteiger partial charge is 0.497 e. The highest BCUT2D eigenvalue weighted by molar-refractivity contribution is 5.90. The van der Waals surface area contributed by atoms with E-state index in [-0.39, 0.29) is 18.0 Å². The van der Waals surface area contributed by atoms with E-state index in [1.807, 2.05) is 41.3 Å². The van der Waals surface area contributed by atoms with Crippen LogP contribution in [0.4, 0.5) is 20.6 Å². The Balaban J connectivity index is 1.32. The van der Waals surface area contributed by atoms with Gasteiger partial charge in [-0.25, -0.2) is 9.18 Å². The van der Waals surface area contributed by atoms with Crippen molar-refractivity contribution < 1.29 is 23.4 Å². The van der Waals surface area contributed by atoms with E-state index < -0.39 is 6.09 Å². The monoisotopic (exact) mass is 519 g/mol. The Hall–Kier alpha value is -3.62. The minimum atomic E-state index is -0.456. The molecule has 5 rings (SSSR count). The number of cyclic esters (lactones) is 1. The maximum atomic E-state index is 15.0. The molecule has 200 valence electrons. The third-order valence-corrected chi connectivity index (χ3v) is 7.26. The standard InChI is InChI=1S/C30H34FN3O4/c1-22(24-9-6-10-26(17-24)36-2)33(19-23-7-4-3-5-8-23)20-27-21-34(30(35)38-27)25-11-12-29(28(31)18-25)32-13-15-37-16-14-32/h3-12,17-18,22,27H,13-16,19-21H2,1-2H3/t22-,27+/m1/s1. The van der Waals surface area contributed by atoms with Crippen LogP contribution in [-0.4, -0.2) is 63.6 Å². The molecule has 2 saturated heterocycles. The lowest BCUT2D eigenvalue weighted by Gasteiger charge is -2.31. The number of nitrogens with zero attached hydrogens (tertiary/aromatic N) is 3. The molecule has 0 radical (unpaired) electrons. The third kappa shape index (κ3) is 5.92. The van der Waals surface area contributed by atoms with Gasteiger partial charge in [0, 0.05) is 32.2 Å². The molecule has 0 unspecified atom stereocenters. The number of halogens is 1. The molecular formula is C30H34FN3O4. The number of anilines is 2. The molecule has 8 heteroatoms. The Bertz CT molecular complexity index is 1240. The first-order valence-corrected chi connectivity index (χ1v) is 13.0. The number of benzene rings is 3. The minimum absolute atomic E-state index is 0.0447. The molecule has 2 aliphatic heterocycles. The van der Waals surface area contributed by atoms with Crippen molar-refractivity contribution in [3.8, 4) is 5.75 Å². The zero-order valence-electron chi connectivity index (χ0n) is 21.9. The number of carbonyl (C=O) groups is 1. The number of hydrogen-bond donors (Lipinski definition) is 0. The second-order valence-corrected chi connectivity index (χ2v) is 9.72. The molecule has 2 atom stereocenters. The lowest BCUT2D eigenvalue weighted by atomic mass is 10.0. The van der Waals surface area contributed by atoms with E-state index >= 15 is 4.39 Å². The fourth-order valence-electron chi connectivity index (χ4n) is 5.10. The van der Waals surface area contributed by atoms with E-state index in [1.165, 1.54) is 16.5 Å². The second kappa shape index (κ2) is 11.8. The summed E-state index contributed by atoms with van der Waals surface area (Å²) in [4.78, 5) is 18.7. The summed E-state index contributed by atoms with van der Waals surface area (Å²) in [5.74, 6) is 0.452. The van der Waals surface area contributed by atoms with Crippen molar-refractivity contribution in [2.45, 2.75) is 25.6 Å². The van der Waals surface area contributed by atoms with Crippen LogP contribution in [0.25, 0.3) is 0 Å². The molecule has 0 aromatic heterocycles. The molecule has 2 fully saturated rings. The Kier molecular flexibility index (Phi) is 8.10. The summed E-state index contributed by atoms with van der Waals surface area (Å²) >= 11 is 0. The van der Waals surface area contributed by atoms with Crippen LogP contribution in [-0.2, 0) is 16.0 Å². The van der Waals surface area contributed by atoms with Crippen molar-refractivity contribution in [1.29, 1.82) is 0 Å². The fraction of sp³-hybridized carbons (Fsp3) is 0.367. The molecule has 0 aliphatic carbocycles. The molecule has 1 amide bonds. The van der Waals surface area contributed by atoms with Gasteiger partial charge in [0.25, 0.3) is 0 Å². The number of amides is 1. The lowest BCUT2D eigenvalue weighted by molar-refractivity contribution is 0.0889. The molecule has 0 bridgehead atoms. The Morgan fingerprint density at radius 2 is 1.84 bits per heavy atom. The quantitative estimate of drug-likeness (QED) is 0.385. The van der Waals surface area contributed by atoms with Crippen LogP contribution in [0.15, 0.2) is 72.8 Å². The van der Waals surface area contributed by atoms with Crippen LogP contribution in [0.2, 0.25) is 0 Å². The van der Waals surface area contributed by atoms with Crippen LogP contribution in [0.3, 0.4) is 0 Å². The van der Waals surface area contributed by atoms with Crippen LogP contribution in [0, 0.1) is 5.82 Å². The van der Waals surface area contributed by atoms with Gasteiger partial charge >= 0.3 is 6.09 Å². The van der Waals surface area contributed by atoms with Crippen molar-refractivity contribution in [3.05, 3.63) is 89.7 Å². The fourth-order valence-corrected chi connectivity index (χ4v) is 5.10. The minimum Gasteiger partial charge on any atom is -0.497 e. The SMILES string of the molecule is COc1cccc([C@@H](C)N(Cc2ccccc2)C[C@H]2CN(c3ccc(N4CCOCC4)c(F)c3)C(=O)O2)c1. The number of methoxy groups -OCH3 is 1. The van der Waals surface area contributed by atoms with Crippen molar-refractivity contribution in [2.75, 3.05) is 56.3 Å². The van der Waals surface area contributed by atoms with E-state index in [4.69, 9.17) is 14.2 Å². The number of ether oxygens (including phenoxy) is 3. The molecule has 0 saturated carbocycles. The summed E-state index contributed by atoms with van der Waals surface area (Å²) in [6.07, 6.45) is -0.816. The summed E-state index contributed by atoms with van der Waals surface area (Å²) < 4.78 is 31.6. The van der Waals surface area contributed by atoms with E-state index in [0.29, 0.717) is 57.3 Å². The van der Waals surface area contributed by atoms with Crippen molar-refractivity contribution in [3.63, 3.8) is 0 Å². The Morgan fingerprint density at radius 1 is 1.05 bits per heavy atom. The summed E-state index contributed by atoms with van der Waals surface area (Å²) in [6.45, 7) is 6.17. The molecular weight excluding hydrogens is 485 g/mol. The Labute approximate surface area is 223 Å². The zero-order chi connectivity index (χ0) is 26.5. The predicted octanol–water partition coefficient (Wildman–Crippen LogP) is 5.26. The van der Waals surface area contributed by atoms with Gasteiger partial charge in [0.05, 0.1) is 38.2 Å². The summed E-state index contributed by atoms with van der Waals surface area (Å²) in [5, 5.41) is 0. The molecule has 3 aromatic carbocycles. The van der Waals surface area contributed by atoms with E-state index in [2.05, 4.69) is 30.0 Å². The highest BCUT2D eigenvalue weighted by Gasteiger charge is 2.35. The number of hydrogen-bond acceptors (Lipinski definition) is 6. The zero-order valence-corrected chi connectivity index (χ0v) is 21.9. The maximum Gasteiger partial charge on any atom is 0.414 e. The summed E-state index contributed by atoms with van der Waals surface area (Å²) in [6, 6.07) is 23.3. The first-order valence-electron chi connectivity index (χ1n) is 13.0. The van der Waals surface area contributed by atoms with Gasteiger partial charge in [-0.2, -0.15) is 0 Å². The van der Waals surface area contributed by atoms with E-state index in [1.54, 1.807) is 19.2 Å². The highest BCUT2D eigenvalue weighted by atomic mass is 19.1. The highest BCUT2D eigenvalue weighted by Crippen LogP contribution is 2.31. The smallest absolute Gasteiger partial charge is 0.414 e. The molecule has 38 heavy (non-hydrogen) atoms. The normalized spacial score (nSPS) is 18.5.